The summed E-state index contributed by atoms with van der Waals surface area (Å²) in [6, 6.07) is 0. The molecule has 0 aromatic carbocycles. The van der Waals surface area contributed by atoms with Gasteiger partial charge in [0.15, 0.2) is 0 Å². The zero-order valence-corrected chi connectivity index (χ0v) is 12.5. The Labute approximate surface area is 117 Å². The van der Waals surface area contributed by atoms with Gasteiger partial charge in [0.1, 0.15) is 0 Å². The molecule has 0 unspecified atom stereocenters. The third-order valence-corrected chi connectivity index (χ3v) is 5.48. The molecule has 3 nitrogen and oxygen atoms in total. The molecule has 2 aliphatic rings. The second-order valence-electron chi connectivity index (χ2n) is 7.07. The van der Waals surface area contributed by atoms with Gasteiger partial charge in [-0.15, -0.1) is 0 Å². The summed E-state index contributed by atoms with van der Waals surface area (Å²) in [5.74, 6) is 0.269. The van der Waals surface area contributed by atoms with Crippen LogP contribution in [0.1, 0.15) is 71.1 Å². The van der Waals surface area contributed by atoms with Crippen molar-refractivity contribution >= 4 is 5.91 Å². The monoisotopic (exact) mass is 266 g/mol. The van der Waals surface area contributed by atoms with Gasteiger partial charge in [-0.2, -0.15) is 0 Å². The lowest BCUT2D eigenvalue weighted by Gasteiger charge is -2.38. The molecule has 3 heteroatoms. The van der Waals surface area contributed by atoms with Crippen LogP contribution in [-0.4, -0.2) is 19.0 Å². The highest BCUT2D eigenvalue weighted by Gasteiger charge is 2.37. The van der Waals surface area contributed by atoms with Crippen molar-refractivity contribution in [2.45, 2.75) is 71.1 Å². The second-order valence-corrected chi connectivity index (χ2v) is 7.07. The summed E-state index contributed by atoms with van der Waals surface area (Å²) in [6.45, 7) is 3.64. The van der Waals surface area contributed by atoms with Crippen molar-refractivity contribution < 1.29 is 4.79 Å². The first-order valence-electron chi connectivity index (χ1n) is 8.09. The Morgan fingerprint density at radius 3 is 2.05 bits per heavy atom. The van der Waals surface area contributed by atoms with Crippen LogP contribution in [0.5, 0.6) is 0 Å². The number of rotatable bonds is 4. The topological polar surface area (TPSA) is 55.1 Å². The Kier molecular flexibility index (Phi) is 4.88. The maximum Gasteiger partial charge on any atom is 0.225 e. The van der Waals surface area contributed by atoms with E-state index in [2.05, 4.69) is 12.2 Å². The molecular formula is C16H30N2O. The van der Waals surface area contributed by atoms with Gasteiger partial charge < -0.3 is 11.1 Å². The molecule has 0 saturated heterocycles. The van der Waals surface area contributed by atoms with Crippen molar-refractivity contribution in [2.24, 2.45) is 16.6 Å². The number of hydrogen-bond acceptors (Lipinski definition) is 2. The molecule has 0 radical (unpaired) electrons. The minimum absolute atomic E-state index is 0.122. The Morgan fingerprint density at radius 2 is 1.53 bits per heavy atom. The molecular weight excluding hydrogens is 236 g/mol. The Balaban J connectivity index is 1.87. The molecule has 0 heterocycles. The number of amides is 1. The third kappa shape index (κ3) is 3.50. The average molecular weight is 266 g/mol. The lowest BCUT2D eigenvalue weighted by Crippen LogP contribution is -2.48. The summed E-state index contributed by atoms with van der Waals surface area (Å²) in [5.41, 5.74) is 6.04. The molecule has 0 bridgehead atoms. The molecule has 0 aromatic rings. The number of hydrogen-bond donors (Lipinski definition) is 2. The van der Waals surface area contributed by atoms with E-state index in [1.54, 1.807) is 0 Å². The van der Waals surface area contributed by atoms with Crippen molar-refractivity contribution in [3.05, 3.63) is 0 Å². The molecule has 3 N–H and O–H groups in total. The van der Waals surface area contributed by atoms with Gasteiger partial charge in [0.2, 0.25) is 5.91 Å². The molecule has 2 fully saturated rings. The van der Waals surface area contributed by atoms with Crippen LogP contribution in [0.3, 0.4) is 0 Å². The summed E-state index contributed by atoms with van der Waals surface area (Å²) in [6.07, 6.45) is 12.0. The zero-order valence-electron chi connectivity index (χ0n) is 12.5. The number of carbonyl (C=O) groups is 1. The van der Waals surface area contributed by atoms with Crippen LogP contribution >= 0.6 is 0 Å². The van der Waals surface area contributed by atoms with Crippen LogP contribution in [-0.2, 0) is 4.79 Å². The predicted octanol–water partition coefficient (Wildman–Crippen LogP) is 2.98. The number of carbonyl (C=O) groups excluding carboxylic acids is 1. The first-order valence-corrected chi connectivity index (χ1v) is 8.09. The highest BCUT2D eigenvalue weighted by Crippen LogP contribution is 2.37. The van der Waals surface area contributed by atoms with Gasteiger partial charge in [-0.1, -0.05) is 45.4 Å². The molecule has 19 heavy (non-hydrogen) atoms. The number of nitrogens with two attached hydrogens (primary N) is 1. The number of nitrogens with one attached hydrogen (secondary N) is 1. The summed E-state index contributed by atoms with van der Waals surface area (Å²) >= 11 is 0. The maximum atomic E-state index is 12.5. The van der Waals surface area contributed by atoms with E-state index in [0.717, 1.165) is 19.4 Å². The fourth-order valence-electron chi connectivity index (χ4n) is 3.80. The molecule has 0 atom stereocenters. The van der Waals surface area contributed by atoms with Crippen molar-refractivity contribution in [3.8, 4) is 0 Å². The lowest BCUT2D eigenvalue weighted by molar-refractivity contribution is -0.132. The fraction of sp³-hybridized carbons (Fsp3) is 0.938. The lowest BCUT2D eigenvalue weighted by atomic mass is 9.72. The molecule has 0 aliphatic heterocycles. The summed E-state index contributed by atoms with van der Waals surface area (Å²) < 4.78 is 0. The first kappa shape index (κ1) is 14.8. The summed E-state index contributed by atoms with van der Waals surface area (Å²) in [5, 5.41) is 3.24. The van der Waals surface area contributed by atoms with Gasteiger partial charge in [-0.3, -0.25) is 4.79 Å². The smallest absolute Gasteiger partial charge is 0.225 e. The molecule has 1 amide bonds. The third-order valence-electron chi connectivity index (χ3n) is 5.48. The van der Waals surface area contributed by atoms with Gasteiger partial charge >= 0.3 is 0 Å². The van der Waals surface area contributed by atoms with E-state index >= 15 is 0 Å². The Bertz CT molecular complexity index is 302. The van der Waals surface area contributed by atoms with Crippen molar-refractivity contribution in [3.63, 3.8) is 0 Å². The molecule has 2 rings (SSSR count). The van der Waals surface area contributed by atoms with Crippen LogP contribution in [0.2, 0.25) is 0 Å². The minimum Gasteiger partial charge on any atom is -0.355 e. The van der Waals surface area contributed by atoms with Crippen LogP contribution in [0.25, 0.3) is 0 Å². The highest BCUT2D eigenvalue weighted by atomic mass is 16.2. The highest BCUT2D eigenvalue weighted by molar-refractivity contribution is 5.82. The van der Waals surface area contributed by atoms with Gasteiger partial charge in [0, 0.05) is 12.0 Å². The summed E-state index contributed by atoms with van der Waals surface area (Å²) in [7, 11) is 0. The standard InChI is InChI=1S/C16H30N2O/c1-15(8-4-2-5-9-15)14(19)18-13-16(12-17)10-6-3-7-11-16/h2-13,17H2,1H3,(H,18,19). The minimum atomic E-state index is -0.122. The Hall–Kier alpha value is -0.570. The van der Waals surface area contributed by atoms with E-state index in [1.807, 2.05) is 0 Å². The van der Waals surface area contributed by atoms with Crippen molar-refractivity contribution in [1.82, 2.24) is 5.32 Å². The average Bonchev–Trinajstić information content (AvgIpc) is 2.46. The Morgan fingerprint density at radius 1 is 1.00 bits per heavy atom. The molecule has 0 spiro atoms. The van der Waals surface area contributed by atoms with E-state index in [1.165, 1.54) is 51.4 Å². The normalized spacial score (nSPS) is 25.8. The molecule has 2 aliphatic carbocycles. The van der Waals surface area contributed by atoms with Crippen LogP contribution in [0.4, 0.5) is 0 Å². The van der Waals surface area contributed by atoms with E-state index in [9.17, 15) is 4.79 Å². The van der Waals surface area contributed by atoms with E-state index < -0.39 is 0 Å². The zero-order chi connectivity index (χ0) is 13.8. The van der Waals surface area contributed by atoms with E-state index in [-0.39, 0.29) is 16.7 Å². The SMILES string of the molecule is CC1(C(=O)NCC2(CN)CCCCC2)CCCCC1. The largest absolute Gasteiger partial charge is 0.355 e. The van der Waals surface area contributed by atoms with E-state index in [0.29, 0.717) is 6.54 Å². The van der Waals surface area contributed by atoms with Gasteiger partial charge in [0.05, 0.1) is 0 Å². The molecule has 110 valence electrons. The van der Waals surface area contributed by atoms with E-state index in [4.69, 9.17) is 5.73 Å². The quantitative estimate of drug-likeness (QED) is 0.822. The van der Waals surface area contributed by atoms with Gasteiger partial charge in [-0.05, 0) is 37.6 Å². The van der Waals surface area contributed by atoms with Crippen LogP contribution in [0, 0.1) is 10.8 Å². The van der Waals surface area contributed by atoms with Crippen LogP contribution < -0.4 is 11.1 Å². The van der Waals surface area contributed by atoms with Crippen molar-refractivity contribution in [1.29, 1.82) is 0 Å². The molecule has 0 aromatic heterocycles. The maximum absolute atomic E-state index is 12.5. The predicted molar refractivity (Wildman–Crippen MR) is 78.8 cm³/mol. The first-order chi connectivity index (χ1) is 9.10. The molecule has 2 saturated carbocycles. The second kappa shape index (κ2) is 6.25. The summed E-state index contributed by atoms with van der Waals surface area (Å²) in [4.78, 5) is 12.5. The fourth-order valence-corrected chi connectivity index (χ4v) is 3.80. The van der Waals surface area contributed by atoms with Crippen LogP contribution in [0.15, 0.2) is 0 Å². The van der Waals surface area contributed by atoms with Crippen molar-refractivity contribution in [2.75, 3.05) is 13.1 Å². The van der Waals surface area contributed by atoms with Gasteiger partial charge in [0.25, 0.3) is 0 Å². The van der Waals surface area contributed by atoms with Gasteiger partial charge in [-0.25, -0.2) is 0 Å².